The molecule has 0 aromatic heterocycles. The summed E-state index contributed by atoms with van der Waals surface area (Å²) in [5.74, 6) is 0. The predicted octanol–water partition coefficient (Wildman–Crippen LogP) is 3.94. The Morgan fingerprint density at radius 3 is 2.15 bits per heavy atom. The molecule has 2 fully saturated rings. The van der Waals surface area contributed by atoms with Gasteiger partial charge in [-0.2, -0.15) is 0 Å². The standard InChI is InChI=1S/C18H32N2/c1-3-18(20-17-12-8-5-9-13-17)15(2)14-19-16-10-6-4-7-11-16/h3,16-20H,1-2,4-14H2/i3D. The zero-order valence-electron chi connectivity index (χ0n) is 13.9. The highest BCUT2D eigenvalue weighted by Gasteiger charge is 2.19. The van der Waals surface area contributed by atoms with Crippen LogP contribution in [-0.2, 0) is 0 Å². The highest BCUT2D eigenvalue weighted by atomic mass is 15.0. The van der Waals surface area contributed by atoms with Crippen LogP contribution in [0, 0.1) is 0 Å². The molecule has 20 heavy (non-hydrogen) atoms. The van der Waals surface area contributed by atoms with Gasteiger partial charge < -0.3 is 10.6 Å². The largest absolute Gasteiger partial charge is 0.310 e. The Balaban J connectivity index is 1.78. The van der Waals surface area contributed by atoms with Gasteiger partial charge >= 0.3 is 0 Å². The van der Waals surface area contributed by atoms with E-state index in [1.165, 1.54) is 64.2 Å². The van der Waals surface area contributed by atoms with Crippen LogP contribution in [0.1, 0.15) is 65.6 Å². The molecule has 2 nitrogen and oxygen atoms in total. The van der Waals surface area contributed by atoms with Crippen LogP contribution >= 0.6 is 0 Å². The smallest absolute Gasteiger partial charge is 0.0590 e. The molecule has 0 saturated heterocycles. The summed E-state index contributed by atoms with van der Waals surface area (Å²) in [7, 11) is 0. The predicted molar refractivity (Wildman–Crippen MR) is 88.0 cm³/mol. The molecule has 2 N–H and O–H groups in total. The molecule has 0 radical (unpaired) electrons. The third-order valence-electron chi connectivity index (χ3n) is 4.84. The second kappa shape index (κ2) is 8.63. The van der Waals surface area contributed by atoms with E-state index in [-0.39, 0.29) is 6.04 Å². The van der Waals surface area contributed by atoms with E-state index in [0.717, 1.165) is 12.1 Å². The molecule has 0 aliphatic heterocycles. The Kier molecular flexibility index (Phi) is 6.19. The Bertz CT molecular complexity index is 341. The van der Waals surface area contributed by atoms with Crippen molar-refractivity contribution in [2.75, 3.05) is 6.54 Å². The Morgan fingerprint density at radius 2 is 1.60 bits per heavy atom. The highest BCUT2D eigenvalue weighted by Crippen LogP contribution is 2.20. The van der Waals surface area contributed by atoms with E-state index in [9.17, 15) is 0 Å². The molecule has 2 aliphatic rings. The van der Waals surface area contributed by atoms with Crippen molar-refractivity contribution in [3.63, 3.8) is 0 Å². The second-order valence-electron chi connectivity index (χ2n) is 6.51. The van der Waals surface area contributed by atoms with Crippen molar-refractivity contribution in [2.45, 2.75) is 82.3 Å². The van der Waals surface area contributed by atoms with Gasteiger partial charge in [-0.3, -0.25) is 0 Å². The fraction of sp³-hybridized carbons (Fsp3) is 0.778. The maximum atomic E-state index is 7.96. The molecule has 2 heteroatoms. The summed E-state index contributed by atoms with van der Waals surface area (Å²) in [6.07, 6.45) is 13.1. The molecule has 0 bridgehead atoms. The molecule has 0 spiro atoms. The zero-order chi connectivity index (χ0) is 15.1. The molecule has 2 rings (SSSR count). The summed E-state index contributed by atoms with van der Waals surface area (Å²) in [6.45, 7) is 8.89. The third kappa shape index (κ3) is 5.06. The van der Waals surface area contributed by atoms with Crippen LogP contribution in [0.15, 0.2) is 24.8 Å². The Hall–Kier alpha value is -0.600. The molecular formula is C18H32N2. The molecule has 1 unspecified atom stereocenters. The molecule has 0 heterocycles. The van der Waals surface area contributed by atoms with E-state index in [1.54, 1.807) is 0 Å². The second-order valence-corrected chi connectivity index (χ2v) is 6.51. The quantitative estimate of drug-likeness (QED) is 0.689. The van der Waals surface area contributed by atoms with E-state index in [2.05, 4.69) is 23.8 Å². The van der Waals surface area contributed by atoms with Crippen LogP contribution in [0.3, 0.4) is 0 Å². The van der Waals surface area contributed by atoms with Crippen LogP contribution in [0.4, 0.5) is 0 Å². The van der Waals surface area contributed by atoms with Gasteiger partial charge in [-0.25, -0.2) is 0 Å². The van der Waals surface area contributed by atoms with Crippen molar-refractivity contribution in [2.24, 2.45) is 0 Å². The monoisotopic (exact) mass is 277 g/mol. The normalized spacial score (nSPS) is 24.1. The summed E-state index contributed by atoms with van der Waals surface area (Å²) in [5, 5.41) is 7.25. The van der Waals surface area contributed by atoms with Crippen molar-refractivity contribution in [1.29, 1.82) is 0 Å². The SMILES string of the molecule is [2H]C(=C)C(NC1CCCCC1)C(=C)CNC1CCCCC1. The average Bonchev–Trinajstić information content (AvgIpc) is 2.52. The van der Waals surface area contributed by atoms with Gasteiger partial charge in [0, 0.05) is 24.7 Å². The minimum atomic E-state index is -0.0517. The van der Waals surface area contributed by atoms with Crippen molar-refractivity contribution >= 4 is 0 Å². The Labute approximate surface area is 126 Å². The van der Waals surface area contributed by atoms with E-state index < -0.39 is 0 Å². The molecular weight excluding hydrogens is 244 g/mol. The van der Waals surface area contributed by atoms with Gasteiger partial charge in [-0.05, 0) is 31.3 Å². The number of nitrogens with one attached hydrogen (secondary N) is 2. The van der Waals surface area contributed by atoms with Crippen molar-refractivity contribution in [1.82, 2.24) is 10.6 Å². The minimum absolute atomic E-state index is 0.0517. The highest BCUT2D eigenvalue weighted by molar-refractivity contribution is 5.15. The Morgan fingerprint density at radius 1 is 1.05 bits per heavy atom. The number of hydrogen-bond acceptors (Lipinski definition) is 2. The first-order valence-corrected chi connectivity index (χ1v) is 8.49. The fourth-order valence-electron chi connectivity index (χ4n) is 3.51. The lowest BCUT2D eigenvalue weighted by atomic mass is 9.93. The molecule has 2 saturated carbocycles. The average molecular weight is 277 g/mol. The zero-order valence-corrected chi connectivity index (χ0v) is 12.9. The first kappa shape index (κ1) is 14.3. The first-order chi connectivity index (χ1) is 10.2. The molecule has 0 aromatic rings. The van der Waals surface area contributed by atoms with Crippen LogP contribution in [0.5, 0.6) is 0 Å². The lowest BCUT2D eigenvalue weighted by Crippen LogP contribution is -2.42. The summed E-state index contributed by atoms with van der Waals surface area (Å²) < 4.78 is 7.96. The van der Waals surface area contributed by atoms with Crippen molar-refractivity contribution < 1.29 is 1.37 Å². The molecule has 0 amide bonds. The molecule has 1 atom stereocenters. The van der Waals surface area contributed by atoms with E-state index >= 15 is 0 Å². The maximum Gasteiger partial charge on any atom is 0.0590 e. The van der Waals surface area contributed by atoms with Gasteiger partial charge in [-0.15, -0.1) is 6.58 Å². The van der Waals surface area contributed by atoms with E-state index in [0.29, 0.717) is 18.1 Å². The summed E-state index contributed by atoms with van der Waals surface area (Å²) in [6, 6.07) is 1.59. The van der Waals surface area contributed by atoms with Gasteiger partial charge in [-0.1, -0.05) is 51.2 Å². The fourth-order valence-corrected chi connectivity index (χ4v) is 3.51. The maximum absolute atomic E-state index is 7.96. The van der Waals surface area contributed by atoms with Crippen LogP contribution in [0.2, 0.25) is 0 Å². The van der Waals surface area contributed by atoms with Crippen LogP contribution in [-0.4, -0.2) is 24.7 Å². The lowest BCUT2D eigenvalue weighted by molar-refractivity contribution is 0.357. The third-order valence-corrected chi connectivity index (χ3v) is 4.84. The molecule has 2 aliphatic carbocycles. The van der Waals surface area contributed by atoms with Crippen LogP contribution < -0.4 is 10.6 Å². The summed E-state index contributed by atoms with van der Waals surface area (Å²) in [5.41, 5.74) is 1.08. The van der Waals surface area contributed by atoms with Gasteiger partial charge in [0.15, 0.2) is 0 Å². The molecule has 0 aromatic carbocycles. The van der Waals surface area contributed by atoms with Gasteiger partial charge in [0.1, 0.15) is 0 Å². The van der Waals surface area contributed by atoms with E-state index in [1.807, 2.05) is 0 Å². The van der Waals surface area contributed by atoms with Crippen molar-refractivity contribution in [3.8, 4) is 0 Å². The summed E-state index contributed by atoms with van der Waals surface area (Å²) >= 11 is 0. The lowest BCUT2D eigenvalue weighted by Gasteiger charge is -2.29. The van der Waals surface area contributed by atoms with Crippen molar-refractivity contribution in [3.05, 3.63) is 24.8 Å². The summed E-state index contributed by atoms with van der Waals surface area (Å²) in [4.78, 5) is 0. The van der Waals surface area contributed by atoms with Crippen LogP contribution in [0.25, 0.3) is 0 Å². The van der Waals surface area contributed by atoms with Gasteiger partial charge in [0.05, 0.1) is 1.37 Å². The van der Waals surface area contributed by atoms with Gasteiger partial charge in [0.2, 0.25) is 0 Å². The number of hydrogen-bond donors (Lipinski definition) is 2. The minimum Gasteiger partial charge on any atom is -0.310 e. The number of rotatable bonds is 7. The van der Waals surface area contributed by atoms with E-state index in [4.69, 9.17) is 1.37 Å². The van der Waals surface area contributed by atoms with Gasteiger partial charge in [0.25, 0.3) is 0 Å². The molecule has 114 valence electrons. The topological polar surface area (TPSA) is 24.1 Å². The first-order valence-electron chi connectivity index (χ1n) is 8.99.